The maximum absolute atomic E-state index is 12.5. The smallest absolute Gasteiger partial charge is 0.263 e. The van der Waals surface area contributed by atoms with E-state index in [2.05, 4.69) is 5.32 Å². The van der Waals surface area contributed by atoms with E-state index in [1.54, 1.807) is 6.07 Å². The van der Waals surface area contributed by atoms with Crippen molar-refractivity contribution in [3.05, 3.63) is 33.1 Å². The molecule has 1 aromatic carbocycles. The first-order chi connectivity index (χ1) is 10.1. The number of nitrogens with one attached hydrogen (secondary N) is 1. The zero-order chi connectivity index (χ0) is 14.8. The average molecular weight is 342 g/mol. The van der Waals surface area contributed by atoms with E-state index in [4.69, 9.17) is 23.2 Å². The molecule has 0 spiro atoms. The third-order valence-corrected chi connectivity index (χ3v) is 5.88. The molecule has 3 rings (SSSR count). The molecule has 0 unspecified atom stereocenters. The van der Waals surface area contributed by atoms with Gasteiger partial charge in [-0.15, -0.1) is 11.3 Å². The molecule has 0 saturated heterocycles. The van der Waals surface area contributed by atoms with Gasteiger partial charge in [0.2, 0.25) is 0 Å². The fourth-order valence-corrected chi connectivity index (χ4v) is 4.56. The van der Waals surface area contributed by atoms with E-state index in [-0.39, 0.29) is 11.9 Å². The average Bonchev–Trinajstić information content (AvgIpc) is 2.64. The molecule has 2 aromatic rings. The maximum Gasteiger partial charge on any atom is 0.263 e. The summed E-state index contributed by atoms with van der Waals surface area (Å²) >= 11 is 13.8. The van der Waals surface area contributed by atoms with Crippen LogP contribution in [-0.4, -0.2) is 11.9 Å². The van der Waals surface area contributed by atoms with Crippen LogP contribution in [0.25, 0.3) is 10.1 Å². The van der Waals surface area contributed by atoms with Gasteiger partial charge in [0.1, 0.15) is 4.88 Å². The molecule has 0 atom stereocenters. The van der Waals surface area contributed by atoms with Gasteiger partial charge in [0.25, 0.3) is 5.91 Å². The molecule has 112 valence electrons. The first-order valence-corrected chi connectivity index (χ1v) is 8.91. The Hall–Kier alpha value is -0.770. The van der Waals surface area contributed by atoms with E-state index in [1.165, 1.54) is 37.0 Å². The molecule has 0 aliphatic heterocycles. The monoisotopic (exact) mass is 341 g/mol. The number of amides is 1. The number of fused-ring (bicyclic) bond motifs is 1. The van der Waals surface area contributed by atoms with Gasteiger partial charge in [0.05, 0.1) is 5.02 Å². The van der Waals surface area contributed by atoms with Crippen molar-refractivity contribution < 1.29 is 4.79 Å². The number of halogens is 2. The number of carbonyl (C=O) groups excluding carboxylic acids is 1. The van der Waals surface area contributed by atoms with Crippen LogP contribution in [0.4, 0.5) is 0 Å². The minimum atomic E-state index is -0.0516. The first-order valence-electron chi connectivity index (χ1n) is 7.33. The van der Waals surface area contributed by atoms with E-state index in [1.807, 2.05) is 12.1 Å². The Labute approximate surface area is 138 Å². The second-order valence-corrected chi connectivity index (χ2v) is 7.41. The van der Waals surface area contributed by atoms with Crippen molar-refractivity contribution in [2.75, 3.05) is 0 Å². The van der Waals surface area contributed by atoms with Crippen molar-refractivity contribution in [2.24, 2.45) is 0 Å². The second kappa shape index (κ2) is 6.55. The van der Waals surface area contributed by atoms with E-state index < -0.39 is 0 Å². The molecule has 1 aromatic heterocycles. The molecule has 5 heteroatoms. The van der Waals surface area contributed by atoms with E-state index in [0.717, 1.165) is 22.9 Å². The van der Waals surface area contributed by atoms with Crippen molar-refractivity contribution in [1.82, 2.24) is 5.32 Å². The highest BCUT2D eigenvalue weighted by molar-refractivity contribution is 7.21. The Morgan fingerprint density at radius 3 is 2.57 bits per heavy atom. The Balaban J connectivity index is 1.82. The van der Waals surface area contributed by atoms with E-state index in [9.17, 15) is 4.79 Å². The summed E-state index contributed by atoms with van der Waals surface area (Å²) in [5, 5.41) is 5.25. The van der Waals surface area contributed by atoms with Crippen molar-refractivity contribution in [2.45, 2.75) is 44.6 Å². The normalized spacial score (nSPS) is 16.9. The number of hydrogen-bond acceptors (Lipinski definition) is 2. The minimum Gasteiger partial charge on any atom is -0.349 e. The van der Waals surface area contributed by atoms with Crippen LogP contribution in [-0.2, 0) is 0 Å². The largest absolute Gasteiger partial charge is 0.349 e. The van der Waals surface area contributed by atoms with Crippen molar-refractivity contribution in [1.29, 1.82) is 0 Å². The molecule has 1 fully saturated rings. The van der Waals surface area contributed by atoms with Crippen LogP contribution in [0.2, 0.25) is 10.0 Å². The fourth-order valence-electron chi connectivity index (χ4n) is 2.86. The van der Waals surface area contributed by atoms with Crippen molar-refractivity contribution >= 4 is 50.5 Å². The molecule has 1 heterocycles. The van der Waals surface area contributed by atoms with Crippen LogP contribution in [0.15, 0.2) is 18.2 Å². The predicted molar refractivity (Wildman–Crippen MR) is 90.8 cm³/mol. The summed E-state index contributed by atoms with van der Waals surface area (Å²) in [6.07, 6.45) is 7.07. The highest BCUT2D eigenvalue weighted by atomic mass is 35.5. The van der Waals surface area contributed by atoms with Crippen LogP contribution < -0.4 is 5.32 Å². The van der Waals surface area contributed by atoms with E-state index >= 15 is 0 Å². The molecule has 0 radical (unpaired) electrons. The Morgan fingerprint density at radius 2 is 1.86 bits per heavy atom. The number of benzene rings is 1. The number of hydrogen-bond donors (Lipinski definition) is 1. The standard InChI is InChI=1S/C16H17Cl2NOS/c17-10-7-8-12-13(9-10)21-15(14(12)18)16(20)19-11-5-3-1-2-4-6-11/h7-9,11H,1-6H2,(H,19,20). The highest BCUT2D eigenvalue weighted by Crippen LogP contribution is 2.36. The zero-order valence-electron chi connectivity index (χ0n) is 11.6. The van der Waals surface area contributed by atoms with Crippen LogP contribution >= 0.6 is 34.5 Å². The molecule has 2 nitrogen and oxygen atoms in total. The molecule has 1 aliphatic rings. The lowest BCUT2D eigenvalue weighted by Crippen LogP contribution is -2.34. The van der Waals surface area contributed by atoms with Gasteiger partial charge >= 0.3 is 0 Å². The molecule has 0 bridgehead atoms. The summed E-state index contributed by atoms with van der Waals surface area (Å²) < 4.78 is 0.957. The highest BCUT2D eigenvalue weighted by Gasteiger charge is 2.21. The van der Waals surface area contributed by atoms with Crippen LogP contribution in [0, 0.1) is 0 Å². The molecule has 1 amide bonds. The topological polar surface area (TPSA) is 29.1 Å². The summed E-state index contributed by atoms with van der Waals surface area (Å²) in [7, 11) is 0. The van der Waals surface area contributed by atoms with Crippen LogP contribution in [0.3, 0.4) is 0 Å². The molecule has 1 saturated carbocycles. The predicted octanol–water partition coefficient (Wildman–Crippen LogP) is 5.66. The summed E-state index contributed by atoms with van der Waals surface area (Å²) in [5.74, 6) is -0.0516. The fraction of sp³-hybridized carbons (Fsp3) is 0.438. The van der Waals surface area contributed by atoms with Crippen LogP contribution in [0.1, 0.15) is 48.2 Å². The van der Waals surface area contributed by atoms with Gasteiger partial charge in [-0.3, -0.25) is 4.79 Å². The lowest BCUT2D eigenvalue weighted by molar-refractivity contribution is 0.0937. The van der Waals surface area contributed by atoms with Gasteiger partial charge in [-0.2, -0.15) is 0 Å². The van der Waals surface area contributed by atoms with Crippen molar-refractivity contribution in [3.8, 4) is 0 Å². The lowest BCUT2D eigenvalue weighted by atomic mass is 10.1. The minimum absolute atomic E-state index is 0.0516. The van der Waals surface area contributed by atoms with Crippen LogP contribution in [0.5, 0.6) is 0 Å². The Morgan fingerprint density at radius 1 is 1.14 bits per heavy atom. The van der Waals surface area contributed by atoms with Gasteiger partial charge in [0, 0.05) is 21.2 Å². The summed E-state index contributed by atoms with van der Waals surface area (Å²) in [6, 6.07) is 5.81. The summed E-state index contributed by atoms with van der Waals surface area (Å²) in [6.45, 7) is 0. The first kappa shape index (κ1) is 15.1. The number of carbonyl (C=O) groups is 1. The SMILES string of the molecule is O=C(NC1CCCCCC1)c1sc2cc(Cl)ccc2c1Cl. The molecule has 1 aliphatic carbocycles. The third-order valence-electron chi connectivity index (χ3n) is 3.99. The Bertz CT molecular complexity index is 660. The zero-order valence-corrected chi connectivity index (χ0v) is 14.0. The summed E-state index contributed by atoms with van der Waals surface area (Å²) in [5.41, 5.74) is 0. The quantitative estimate of drug-likeness (QED) is 0.701. The van der Waals surface area contributed by atoms with Gasteiger partial charge in [-0.25, -0.2) is 0 Å². The lowest BCUT2D eigenvalue weighted by Gasteiger charge is -2.15. The molecule has 1 N–H and O–H groups in total. The van der Waals surface area contributed by atoms with E-state index in [0.29, 0.717) is 14.9 Å². The maximum atomic E-state index is 12.5. The summed E-state index contributed by atoms with van der Waals surface area (Å²) in [4.78, 5) is 13.1. The molecular weight excluding hydrogens is 325 g/mol. The molecule has 21 heavy (non-hydrogen) atoms. The molecular formula is C16H17Cl2NOS. The second-order valence-electron chi connectivity index (χ2n) is 5.55. The van der Waals surface area contributed by atoms with Gasteiger partial charge in [-0.1, -0.05) is 55.0 Å². The van der Waals surface area contributed by atoms with Gasteiger partial charge in [-0.05, 0) is 25.0 Å². The van der Waals surface area contributed by atoms with Gasteiger partial charge in [0.15, 0.2) is 0 Å². The number of rotatable bonds is 2. The van der Waals surface area contributed by atoms with Gasteiger partial charge < -0.3 is 5.32 Å². The number of thiophene rings is 1. The Kier molecular flexibility index (Phi) is 4.72. The third kappa shape index (κ3) is 3.36. The van der Waals surface area contributed by atoms with Crippen molar-refractivity contribution in [3.63, 3.8) is 0 Å².